The zero-order valence-electron chi connectivity index (χ0n) is 13.9. The minimum atomic E-state index is -1.01. The van der Waals surface area contributed by atoms with Crippen molar-refractivity contribution in [2.45, 2.75) is 26.7 Å². The predicted octanol–water partition coefficient (Wildman–Crippen LogP) is 4.33. The Morgan fingerprint density at radius 3 is 2.42 bits per heavy atom. The molecular formula is C18H22N2O3S. The highest BCUT2D eigenvalue weighted by Gasteiger charge is 2.16. The van der Waals surface area contributed by atoms with Gasteiger partial charge < -0.3 is 15.3 Å². The molecule has 0 aliphatic rings. The first-order valence-corrected chi connectivity index (χ1v) is 8.91. The van der Waals surface area contributed by atoms with E-state index in [0.29, 0.717) is 10.6 Å². The Balaban J connectivity index is 2.38. The topological polar surface area (TPSA) is 69.6 Å². The molecule has 2 aromatic rings. The fourth-order valence-corrected chi connectivity index (χ4v) is 3.15. The Hall–Kier alpha value is -2.34. The molecule has 0 aliphatic carbocycles. The van der Waals surface area contributed by atoms with Gasteiger partial charge in [-0.15, -0.1) is 11.3 Å². The van der Waals surface area contributed by atoms with Crippen molar-refractivity contribution in [3.8, 4) is 0 Å². The van der Waals surface area contributed by atoms with Crippen LogP contribution in [0.4, 0.5) is 11.4 Å². The van der Waals surface area contributed by atoms with Gasteiger partial charge in [0.1, 0.15) is 0 Å². The normalized spacial score (nSPS) is 10.4. The minimum absolute atomic E-state index is 0.160. The molecule has 2 N–H and O–H groups in total. The van der Waals surface area contributed by atoms with Gasteiger partial charge in [0.25, 0.3) is 5.91 Å². The second-order valence-electron chi connectivity index (χ2n) is 5.46. The Morgan fingerprint density at radius 1 is 1.17 bits per heavy atom. The summed E-state index contributed by atoms with van der Waals surface area (Å²) in [5.41, 5.74) is 1.55. The molecule has 1 amide bonds. The fraction of sp³-hybridized carbons (Fsp3) is 0.333. The van der Waals surface area contributed by atoms with Crippen molar-refractivity contribution in [1.82, 2.24) is 0 Å². The number of hydrogen-bond donors (Lipinski definition) is 2. The highest BCUT2D eigenvalue weighted by atomic mass is 32.1. The van der Waals surface area contributed by atoms with Gasteiger partial charge in [0, 0.05) is 13.1 Å². The lowest BCUT2D eigenvalue weighted by Gasteiger charge is -2.26. The van der Waals surface area contributed by atoms with E-state index in [1.807, 2.05) is 11.4 Å². The number of carbonyl (C=O) groups excluding carboxylic acids is 1. The van der Waals surface area contributed by atoms with Gasteiger partial charge >= 0.3 is 5.97 Å². The Labute approximate surface area is 145 Å². The van der Waals surface area contributed by atoms with Crippen molar-refractivity contribution in [3.05, 3.63) is 46.2 Å². The molecule has 0 atom stereocenters. The summed E-state index contributed by atoms with van der Waals surface area (Å²) in [7, 11) is 0. The van der Waals surface area contributed by atoms with Gasteiger partial charge in [-0.25, -0.2) is 4.79 Å². The predicted molar refractivity (Wildman–Crippen MR) is 98.5 cm³/mol. The summed E-state index contributed by atoms with van der Waals surface area (Å²) >= 11 is 1.35. The standard InChI is InChI=1S/C18H22N2O3S/c1-3-9-20(10-4-2)15-8-7-13(18(22)23)12-14(15)19-17(21)16-6-5-11-24-16/h5-8,11-12H,3-4,9-10H2,1-2H3,(H,19,21)(H,22,23). The van der Waals surface area contributed by atoms with E-state index in [-0.39, 0.29) is 11.5 Å². The lowest BCUT2D eigenvalue weighted by molar-refractivity contribution is 0.0696. The van der Waals surface area contributed by atoms with Gasteiger partial charge in [-0.1, -0.05) is 19.9 Å². The molecule has 0 radical (unpaired) electrons. The van der Waals surface area contributed by atoms with Crippen molar-refractivity contribution in [2.75, 3.05) is 23.3 Å². The third kappa shape index (κ3) is 4.35. The molecule has 2 rings (SSSR count). The molecule has 0 unspecified atom stereocenters. The average Bonchev–Trinajstić information content (AvgIpc) is 3.09. The number of amides is 1. The smallest absolute Gasteiger partial charge is 0.335 e. The monoisotopic (exact) mass is 346 g/mol. The molecule has 0 bridgehead atoms. The third-order valence-electron chi connectivity index (χ3n) is 3.56. The van der Waals surface area contributed by atoms with Crippen LogP contribution in [0.1, 0.15) is 46.7 Å². The van der Waals surface area contributed by atoms with E-state index in [2.05, 4.69) is 24.1 Å². The number of nitrogens with zero attached hydrogens (tertiary/aromatic N) is 1. The third-order valence-corrected chi connectivity index (χ3v) is 4.43. The quantitative estimate of drug-likeness (QED) is 0.746. The number of hydrogen-bond acceptors (Lipinski definition) is 4. The van der Waals surface area contributed by atoms with Crippen LogP contribution in [0.3, 0.4) is 0 Å². The van der Waals surface area contributed by atoms with Crippen LogP contribution in [0.5, 0.6) is 0 Å². The van der Waals surface area contributed by atoms with Gasteiger partial charge in [0.2, 0.25) is 0 Å². The van der Waals surface area contributed by atoms with Gasteiger partial charge in [-0.2, -0.15) is 0 Å². The summed E-state index contributed by atoms with van der Waals surface area (Å²) in [5, 5.41) is 13.9. The van der Waals surface area contributed by atoms with Gasteiger partial charge in [-0.3, -0.25) is 4.79 Å². The van der Waals surface area contributed by atoms with E-state index >= 15 is 0 Å². The molecule has 1 aromatic heterocycles. The maximum absolute atomic E-state index is 12.4. The average molecular weight is 346 g/mol. The van der Waals surface area contributed by atoms with E-state index < -0.39 is 5.97 Å². The number of aromatic carboxylic acids is 1. The van der Waals surface area contributed by atoms with E-state index in [9.17, 15) is 14.7 Å². The molecular weight excluding hydrogens is 324 g/mol. The zero-order chi connectivity index (χ0) is 17.5. The number of carboxylic acids is 1. The van der Waals surface area contributed by atoms with Crippen LogP contribution in [-0.4, -0.2) is 30.1 Å². The highest BCUT2D eigenvalue weighted by molar-refractivity contribution is 7.12. The van der Waals surface area contributed by atoms with Crippen LogP contribution >= 0.6 is 11.3 Å². The summed E-state index contributed by atoms with van der Waals surface area (Å²) in [4.78, 5) is 26.4. The fourth-order valence-electron chi connectivity index (χ4n) is 2.53. The Morgan fingerprint density at radius 2 is 1.88 bits per heavy atom. The van der Waals surface area contributed by atoms with E-state index in [0.717, 1.165) is 31.6 Å². The van der Waals surface area contributed by atoms with Crippen LogP contribution in [0.25, 0.3) is 0 Å². The second-order valence-corrected chi connectivity index (χ2v) is 6.40. The maximum Gasteiger partial charge on any atom is 0.335 e. The Kier molecular flexibility index (Phi) is 6.37. The van der Waals surface area contributed by atoms with E-state index in [1.165, 1.54) is 17.4 Å². The molecule has 5 nitrogen and oxygen atoms in total. The van der Waals surface area contributed by atoms with Gasteiger partial charge in [-0.05, 0) is 42.5 Å². The molecule has 0 saturated heterocycles. The molecule has 1 heterocycles. The SMILES string of the molecule is CCCN(CCC)c1ccc(C(=O)O)cc1NC(=O)c1cccs1. The lowest BCUT2D eigenvalue weighted by atomic mass is 10.1. The van der Waals surface area contributed by atoms with Crippen molar-refractivity contribution in [1.29, 1.82) is 0 Å². The molecule has 0 fully saturated rings. The van der Waals surface area contributed by atoms with Crippen LogP contribution < -0.4 is 10.2 Å². The molecule has 24 heavy (non-hydrogen) atoms. The largest absolute Gasteiger partial charge is 0.478 e. The van der Waals surface area contributed by atoms with Crippen molar-refractivity contribution in [3.63, 3.8) is 0 Å². The number of nitrogens with one attached hydrogen (secondary N) is 1. The number of carboxylic acid groups (broad SMARTS) is 1. The van der Waals surface area contributed by atoms with E-state index in [1.54, 1.807) is 18.2 Å². The first-order chi connectivity index (χ1) is 11.6. The van der Waals surface area contributed by atoms with Crippen LogP contribution in [-0.2, 0) is 0 Å². The Bertz CT molecular complexity index is 692. The van der Waals surface area contributed by atoms with Crippen molar-refractivity contribution < 1.29 is 14.7 Å². The summed E-state index contributed by atoms with van der Waals surface area (Å²) in [6.07, 6.45) is 1.94. The van der Waals surface area contributed by atoms with Gasteiger partial charge in [0.05, 0.1) is 21.8 Å². The first kappa shape index (κ1) is 18.0. The van der Waals surface area contributed by atoms with Gasteiger partial charge in [0.15, 0.2) is 0 Å². The van der Waals surface area contributed by atoms with Crippen molar-refractivity contribution >= 4 is 34.6 Å². The molecule has 0 saturated carbocycles. The maximum atomic E-state index is 12.4. The minimum Gasteiger partial charge on any atom is -0.478 e. The summed E-state index contributed by atoms with van der Waals surface area (Å²) in [5.74, 6) is -1.23. The van der Waals surface area contributed by atoms with E-state index in [4.69, 9.17) is 0 Å². The second kappa shape index (κ2) is 8.49. The van der Waals surface area contributed by atoms with Crippen LogP contribution in [0, 0.1) is 0 Å². The van der Waals surface area contributed by atoms with Crippen LogP contribution in [0.15, 0.2) is 35.7 Å². The summed E-state index contributed by atoms with van der Waals surface area (Å²) < 4.78 is 0. The zero-order valence-corrected chi connectivity index (χ0v) is 14.7. The molecule has 1 aromatic carbocycles. The first-order valence-electron chi connectivity index (χ1n) is 8.04. The lowest BCUT2D eigenvalue weighted by Crippen LogP contribution is -2.26. The number of benzene rings is 1. The van der Waals surface area contributed by atoms with Crippen molar-refractivity contribution in [2.24, 2.45) is 0 Å². The number of rotatable bonds is 8. The summed E-state index contributed by atoms with van der Waals surface area (Å²) in [6, 6.07) is 8.45. The highest BCUT2D eigenvalue weighted by Crippen LogP contribution is 2.29. The summed E-state index contributed by atoms with van der Waals surface area (Å²) in [6.45, 7) is 5.89. The number of anilines is 2. The molecule has 0 spiro atoms. The molecule has 128 valence electrons. The van der Waals surface area contributed by atoms with Crippen LogP contribution in [0.2, 0.25) is 0 Å². The molecule has 6 heteroatoms. The number of thiophene rings is 1. The number of carbonyl (C=O) groups is 2. The molecule has 0 aliphatic heterocycles.